The van der Waals surface area contributed by atoms with E-state index < -0.39 is 8.32 Å². The summed E-state index contributed by atoms with van der Waals surface area (Å²) in [7, 11) is -1.71. The Morgan fingerprint density at radius 2 is 2.03 bits per heavy atom. The zero-order chi connectivity index (χ0) is 23.1. The van der Waals surface area contributed by atoms with Crippen molar-refractivity contribution in [2.45, 2.75) is 51.9 Å². The van der Waals surface area contributed by atoms with Gasteiger partial charge in [-0.15, -0.1) is 0 Å². The summed E-state index contributed by atoms with van der Waals surface area (Å²) in [5, 5.41) is 2.93. The van der Waals surface area contributed by atoms with Crippen LogP contribution < -0.4 is 5.32 Å². The van der Waals surface area contributed by atoms with Crippen molar-refractivity contribution < 1.29 is 18.3 Å². The number of allylic oxidation sites excluding steroid dienone is 1. The second-order valence-electron chi connectivity index (χ2n) is 9.94. The van der Waals surface area contributed by atoms with Crippen molar-refractivity contribution >= 4 is 31.1 Å². The van der Waals surface area contributed by atoms with Crippen LogP contribution in [0.3, 0.4) is 0 Å². The van der Waals surface area contributed by atoms with Gasteiger partial charge >= 0.3 is 0 Å². The molecule has 0 bridgehead atoms. The first-order chi connectivity index (χ1) is 15.0. The van der Waals surface area contributed by atoms with Gasteiger partial charge in [-0.05, 0) is 60.5 Å². The van der Waals surface area contributed by atoms with Crippen LogP contribution >= 0.6 is 0 Å². The molecule has 0 radical (unpaired) electrons. The fourth-order valence-corrected chi connectivity index (χ4v) is 4.75. The van der Waals surface area contributed by atoms with Crippen molar-refractivity contribution in [3.05, 3.63) is 65.4 Å². The normalized spacial score (nSPS) is 18.4. The zero-order valence-corrected chi connectivity index (χ0v) is 20.4. The fraction of sp³-hybridized carbons (Fsp3) is 0.400. The first-order valence-corrected chi connectivity index (χ1v) is 13.9. The molecule has 0 saturated carbocycles. The van der Waals surface area contributed by atoms with E-state index in [4.69, 9.17) is 9.16 Å². The van der Waals surface area contributed by atoms with E-state index in [1.807, 2.05) is 6.08 Å². The van der Waals surface area contributed by atoms with E-state index in [9.17, 15) is 9.18 Å². The molecule has 2 aliphatic heterocycles. The number of hydrogen-bond donors (Lipinski definition) is 1. The van der Waals surface area contributed by atoms with Crippen LogP contribution in [0.4, 0.5) is 10.1 Å². The monoisotopic (exact) mass is 454 g/mol. The third-order valence-electron chi connectivity index (χ3n) is 6.61. The van der Waals surface area contributed by atoms with Crippen molar-refractivity contribution in [1.29, 1.82) is 0 Å². The smallest absolute Gasteiger partial charge is 0.260 e. The van der Waals surface area contributed by atoms with Gasteiger partial charge in [-0.25, -0.2) is 4.39 Å². The number of nitrogens with one attached hydrogen (secondary N) is 1. The number of benzene rings is 1. The summed E-state index contributed by atoms with van der Waals surface area (Å²) in [5.41, 5.74) is 3.70. The summed E-state index contributed by atoms with van der Waals surface area (Å²) in [6.07, 6.45) is 7.04. The highest BCUT2D eigenvalue weighted by molar-refractivity contribution is 6.74. The maximum Gasteiger partial charge on any atom is 0.260 e. The van der Waals surface area contributed by atoms with Gasteiger partial charge in [0.15, 0.2) is 8.32 Å². The van der Waals surface area contributed by atoms with E-state index >= 15 is 0 Å². The first-order valence-electron chi connectivity index (χ1n) is 11.0. The summed E-state index contributed by atoms with van der Waals surface area (Å²) < 4.78 is 27.8. The molecule has 170 valence electrons. The maximum atomic E-state index is 13.5. The maximum absolute atomic E-state index is 13.5. The van der Waals surface area contributed by atoms with E-state index in [2.05, 4.69) is 62.2 Å². The lowest BCUT2D eigenvalue weighted by Gasteiger charge is -2.36. The second kappa shape index (κ2) is 8.37. The van der Waals surface area contributed by atoms with Gasteiger partial charge < -0.3 is 19.0 Å². The summed E-state index contributed by atoms with van der Waals surface area (Å²) in [5.74, 6) is -0.120. The number of ether oxygens (including phenoxy) is 1. The van der Waals surface area contributed by atoms with Gasteiger partial charge in [0.25, 0.3) is 5.91 Å². The Hall–Kier alpha value is -2.64. The fourth-order valence-electron chi connectivity index (χ4n) is 3.66. The average Bonchev–Trinajstić information content (AvgIpc) is 3.41. The molecule has 0 atom stereocenters. The lowest BCUT2D eigenvalue weighted by Crippen LogP contribution is -2.41. The number of halogens is 1. The molecule has 0 fully saturated rings. The molecule has 1 aromatic heterocycles. The number of nitrogens with zero attached hydrogens (tertiary/aromatic N) is 1. The van der Waals surface area contributed by atoms with E-state index in [0.29, 0.717) is 29.2 Å². The molecule has 1 amide bonds. The predicted octanol–water partition coefficient (Wildman–Crippen LogP) is 5.82. The van der Waals surface area contributed by atoms with Gasteiger partial charge in [-0.2, -0.15) is 0 Å². The topological polar surface area (TPSA) is 52.5 Å². The summed E-state index contributed by atoms with van der Waals surface area (Å²) in [6, 6.07) is 6.36. The molecule has 1 N–H and O–H groups in total. The third kappa shape index (κ3) is 4.45. The quantitative estimate of drug-likeness (QED) is 0.340. The molecule has 5 nitrogen and oxygen atoms in total. The predicted molar refractivity (Wildman–Crippen MR) is 128 cm³/mol. The van der Waals surface area contributed by atoms with Crippen LogP contribution in [0.15, 0.2) is 48.5 Å². The van der Waals surface area contributed by atoms with Gasteiger partial charge in [-0.3, -0.25) is 4.79 Å². The number of anilines is 1. The Morgan fingerprint density at radius 3 is 2.78 bits per heavy atom. The van der Waals surface area contributed by atoms with Crippen LogP contribution in [0, 0.1) is 5.82 Å². The number of carbonyl (C=O) groups excluding carboxylic acids is 1. The SMILES string of the molecule is CC(C)(C)[Si](C)(C)OCCCn1ccc(C2=C/C(=C3\C(=O)Nc4cc(F)ccc43)OC2)c1. The van der Waals surface area contributed by atoms with E-state index in [0.717, 1.165) is 30.7 Å². The Balaban J connectivity index is 1.42. The van der Waals surface area contributed by atoms with Crippen molar-refractivity contribution in [3.63, 3.8) is 0 Å². The molecule has 4 rings (SSSR count). The second-order valence-corrected chi connectivity index (χ2v) is 14.8. The molecule has 3 heterocycles. The van der Waals surface area contributed by atoms with Crippen LogP contribution in [0.2, 0.25) is 18.1 Å². The molecule has 0 unspecified atom stereocenters. The number of aromatic nitrogens is 1. The van der Waals surface area contributed by atoms with Crippen molar-refractivity contribution in [3.8, 4) is 0 Å². The number of aryl methyl sites for hydroxylation is 1. The van der Waals surface area contributed by atoms with E-state index in [1.54, 1.807) is 6.07 Å². The highest BCUT2D eigenvalue weighted by Crippen LogP contribution is 2.38. The number of amides is 1. The highest BCUT2D eigenvalue weighted by atomic mass is 28.4. The summed E-state index contributed by atoms with van der Waals surface area (Å²) in [4.78, 5) is 12.4. The van der Waals surface area contributed by atoms with Gasteiger partial charge in [0.1, 0.15) is 18.2 Å². The van der Waals surface area contributed by atoms with Crippen LogP contribution in [-0.2, 0) is 20.5 Å². The molecular formula is C25H31FN2O3Si. The molecule has 2 aliphatic rings. The van der Waals surface area contributed by atoms with Crippen molar-refractivity contribution in [2.24, 2.45) is 0 Å². The number of carbonyl (C=O) groups is 1. The summed E-state index contributed by atoms with van der Waals surface area (Å²) >= 11 is 0. The van der Waals surface area contributed by atoms with Crippen LogP contribution in [-0.4, -0.2) is 32.0 Å². The van der Waals surface area contributed by atoms with Crippen molar-refractivity contribution in [1.82, 2.24) is 4.57 Å². The van der Waals surface area contributed by atoms with Crippen LogP contribution in [0.1, 0.15) is 38.3 Å². The van der Waals surface area contributed by atoms with Gasteiger partial charge in [-0.1, -0.05) is 20.8 Å². The van der Waals surface area contributed by atoms with Gasteiger partial charge in [0, 0.05) is 36.7 Å². The van der Waals surface area contributed by atoms with Crippen LogP contribution in [0.5, 0.6) is 0 Å². The largest absolute Gasteiger partial charge is 0.488 e. The Morgan fingerprint density at radius 1 is 1.25 bits per heavy atom. The van der Waals surface area contributed by atoms with Gasteiger partial charge in [0.05, 0.1) is 11.3 Å². The molecule has 2 aromatic rings. The lowest BCUT2D eigenvalue weighted by molar-refractivity contribution is -0.110. The van der Waals surface area contributed by atoms with Gasteiger partial charge in [0.2, 0.25) is 0 Å². The number of fused-ring (bicyclic) bond motifs is 1. The van der Waals surface area contributed by atoms with Crippen molar-refractivity contribution in [2.75, 3.05) is 18.5 Å². The zero-order valence-electron chi connectivity index (χ0n) is 19.4. The first kappa shape index (κ1) is 22.5. The molecule has 1 aromatic carbocycles. The summed E-state index contributed by atoms with van der Waals surface area (Å²) in [6.45, 7) is 13.4. The average molecular weight is 455 g/mol. The molecular weight excluding hydrogens is 423 g/mol. The molecule has 7 heteroatoms. The number of hydrogen-bond acceptors (Lipinski definition) is 3. The Labute approximate surface area is 190 Å². The minimum Gasteiger partial charge on any atom is -0.488 e. The van der Waals surface area contributed by atoms with Crippen LogP contribution in [0.25, 0.3) is 11.1 Å². The Bertz CT molecular complexity index is 1110. The minimum absolute atomic E-state index is 0.222. The molecule has 0 spiro atoms. The molecule has 0 saturated heterocycles. The molecule has 0 aliphatic carbocycles. The molecule has 32 heavy (non-hydrogen) atoms. The van der Waals surface area contributed by atoms with E-state index in [-0.39, 0.29) is 16.8 Å². The third-order valence-corrected chi connectivity index (χ3v) is 11.2. The number of rotatable bonds is 6. The standard InChI is InChI=1S/C25H31FN2O3Si/c1-25(2,3)32(4,5)31-12-6-10-28-11-9-17(15-28)18-13-22(30-16-18)23-20-8-7-19(26)14-21(20)27-24(23)29/h7-9,11,13-15H,6,10,12,16H2,1-5H3,(H,27,29)/b23-22+. The highest BCUT2D eigenvalue weighted by Gasteiger charge is 2.36. The lowest BCUT2D eigenvalue weighted by atomic mass is 10.0. The Kier molecular flexibility index (Phi) is 5.90. The van der Waals surface area contributed by atoms with E-state index in [1.165, 1.54) is 12.1 Å². The minimum atomic E-state index is -1.71.